The Bertz CT molecular complexity index is 620. The van der Waals surface area contributed by atoms with Gasteiger partial charge in [0.25, 0.3) is 5.91 Å². The second-order valence-electron chi connectivity index (χ2n) is 3.65. The maximum Gasteiger partial charge on any atom is 0.257 e. The summed E-state index contributed by atoms with van der Waals surface area (Å²) < 4.78 is 13.3. The third kappa shape index (κ3) is 2.98. The Morgan fingerprint density at radius 2 is 2.16 bits per heavy atom. The first kappa shape index (κ1) is 13.3. The average molecular weight is 281 g/mol. The minimum atomic E-state index is -0.605. The number of hydrazine groups is 1. The second kappa shape index (κ2) is 5.64. The van der Waals surface area contributed by atoms with Crippen molar-refractivity contribution in [2.45, 2.75) is 0 Å². The Morgan fingerprint density at radius 3 is 2.84 bits per heavy atom. The number of hydrogen-bond acceptors (Lipinski definition) is 4. The first-order chi connectivity index (χ1) is 9.11. The fraction of sp³-hybridized carbons (Fsp3) is 0. The molecule has 0 fully saturated rings. The van der Waals surface area contributed by atoms with Gasteiger partial charge in [-0.2, -0.15) is 0 Å². The number of nitrogen functional groups attached to an aromatic ring is 1. The molecule has 7 heteroatoms. The van der Waals surface area contributed by atoms with Crippen molar-refractivity contribution in [2.24, 2.45) is 5.84 Å². The molecule has 0 saturated carbocycles. The SMILES string of the molecule is NNc1cnccc1C(=O)Nc1ccc(Cl)c(F)c1. The van der Waals surface area contributed by atoms with Crippen LogP contribution >= 0.6 is 11.6 Å². The molecule has 0 aliphatic rings. The van der Waals surface area contributed by atoms with E-state index < -0.39 is 11.7 Å². The number of nitrogens with one attached hydrogen (secondary N) is 2. The number of nitrogens with zero attached hydrogens (tertiary/aromatic N) is 1. The molecule has 0 aliphatic carbocycles. The van der Waals surface area contributed by atoms with E-state index in [1.807, 2.05) is 0 Å². The van der Waals surface area contributed by atoms with Crippen LogP contribution in [0.5, 0.6) is 0 Å². The topological polar surface area (TPSA) is 80.0 Å². The minimum Gasteiger partial charge on any atom is -0.322 e. The molecule has 0 atom stereocenters. The molecular weight excluding hydrogens is 271 g/mol. The molecule has 0 aliphatic heterocycles. The van der Waals surface area contributed by atoms with Crippen LogP contribution in [0.1, 0.15) is 10.4 Å². The van der Waals surface area contributed by atoms with E-state index >= 15 is 0 Å². The van der Waals surface area contributed by atoms with Crippen LogP contribution in [0.3, 0.4) is 0 Å². The number of pyridine rings is 1. The first-order valence-electron chi connectivity index (χ1n) is 5.29. The molecule has 1 amide bonds. The van der Waals surface area contributed by atoms with Gasteiger partial charge in [-0.05, 0) is 24.3 Å². The fourth-order valence-electron chi connectivity index (χ4n) is 1.48. The molecule has 19 heavy (non-hydrogen) atoms. The van der Waals surface area contributed by atoms with Gasteiger partial charge in [0.2, 0.25) is 0 Å². The Morgan fingerprint density at radius 1 is 1.37 bits per heavy atom. The van der Waals surface area contributed by atoms with E-state index in [2.05, 4.69) is 15.7 Å². The smallest absolute Gasteiger partial charge is 0.257 e. The van der Waals surface area contributed by atoms with Gasteiger partial charge in [-0.15, -0.1) is 0 Å². The van der Waals surface area contributed by atoms with E-state index in [9.17, 15) is 9.18 Å². The molecule has 2 aromatic rings. The van der Waals surface area contributed by atoms with Crippen molar-refractivity contribution in [2.75, 3.05) is 10.7 Å². The van der Waals surface area contributed by atoms with Gasteiger partial charge in [0.1, 0.15) is 5.82 Å². The molecular formula is C12H10ClFN4O. The zero-order valence-corrected chi connectivity index (χ0v) is 10.4. The van der Waals surface area contributed by atoms with Gasteiger partial charge in [0.15, 0.2) is 0 Å². The van der Waals surface area contributed by atoms with E-state index in [0.29, 0.717) is 16.9 Å². The van der Waals surface area contributed by atoms with Gasteiger partial charge in [0, 0.05) is 11.9 Å². The fourth-order valence-corrected chi connectivity index (χ4v) is 1.60. The summed E-state index contributed by atoms with van der Waals surface area (Å²) in [7, 11) is 0. The lowest BCUT2D eigenvalue weighted by Gasteiger charge is -2.09. The van der Waals surface area contributed by atoms with Gasteiger partial charge in [-0.3, -0.25) is 15.6 Å². The molecule has 1 heterocycles. The van der Waals surface area contributed by atoms with Crippen LogP contribution in [0.4, 0.5) is 15.8 Å². The highest BCUT2D eigenvalue weighted by Gasteiger charge is 2.11. The number of amides is 1. The Kier molecular flexibility index (Phi) is 3.94. The normalized spacial score (nSPS) is 10.1. The van der Waals surface area contributed by atoms with Crippen LogP contribution in [0.15, 0.2) is 36.7 Å². The predicted octanol–water partition coefficient (Wildman–Crippen LogP) is 2.41. The van der Waals surface area contributed by atoms with E-state index in [0.717, 1.165) is 6.07 Å². The monoisotopic (exact) mass is 280 g/mol. The number of anilines is 2. The summed E-state index contributed by atoms with van der Waals surface area (Å²) in [5, 5.41) is 2.53. The molecule has 98 valence electrons. The molecule has 0 radical (unpaired) electrons. The minimum absolute atomic E-state index is 0.00813. The van der Waals surface area contributed by atoms with Crippen LogP contribution in [0.2, 0.25) is 5.02 Å². The van der Waals surface area contributed by atoms with Crippen LogP contribution in [0, 0.1) is 5.82 Å². The van der Waals surface area contributed by atoms with Crippen molar-refractivity contribution in [3.05, 3.63) is 53.1 Å². The van der Waals surface area contributed by atoms with Crippen molar-refractivity contribution in [3.8, 4) is 0 Å². The third-order valence-electron chi connectivity index (χ3n) is 2.40. The standard InChI is InChI=1S/C12H10ClFN4O/c13-9-2-1-7(5-10(9)14)17-12(19)8-3-4-16-6-11(8)18-15/h1-6,18H,15H2,(H,17,19). The number of rotatable bonds is 3. The van der Waals surface area contributed by atoms with Crippen molar-refractivity contribution >= 4 is 28.9 Å². The Labute approximate surface area is 113 Å². The molecule has 4 N–H and O–H groups in total. The van der Waals surface area contributed by atoms with E-state index in [1.54, 1.807) is 0 Å². The predicted molar refractivity (Wildman–Crippen MR) is 71.4 cm³/mol. The van der Waals surface area contributed by atoms with Gasteiger partial charge >= 0.3 is 0 Å². The number of aromatic nitrogens is 1. The summed E-state index contributed by atoms with van der Waals surface area (Å²) in [6.07, 6.45) is 2.87. The van der Waals surface area contributed by atoms with Gasteiger partial charge < -0.3 is 10.7 Å². The Hall–Kier alpha value is -2.18. The molecule has 5 nitrogen and oxygen atoms in total. The largest absolute Gasteiger partial charge is 0.322 e. The maximum absolute atomic E-state index is 13.3. The second-order valence-corrected chi connectivity index (χ2v) is 4.06. The van der Waals surface area contributed by atoms with Crippen LogP contribution < -0.4 is 16.6 Å². The average Bonchev–Trinajstić information content (AvgIpc) is 2.43. The van der Waals surface area contributed by atoms with E-state index in [1.165, 1.54) is 30.6 Å². The number of benzene rings is 1. The number of halogens is 2. The number of hydrogen-bond donors (Lipinski definition) is 3. The summed E-state index contributed by atoms with van der Waals surface area (Å²) in [5.74, 6) is 4.24. The quantitative estimate of drug-likeness (QED) is 0.596. The highest BCUT2D eigenvalue weighted by atomic mass is 35.5. The summed E-state index contributed by atoms with van der Waals surface area (Å²) in [5.41, 5.74) is 3.33. The highest BCUT2D eigenvalue weighted by molar-refractivity contribution is 6.30. The third-order valence-corrected chi connectivity index (χ3v) is 2.71. The summed E-state index contributed by atoms with van der Waals surface area (Å²) in [4.78, 5) is 15.8. The summed E-state index contributed by atoms with van der Waals surface area (Å²) >= 11 is 5.56. The van der Waals surface area contributed by atoms with E-state index in [-0.39, 0.29) is 5.02 Å². The molecule has 0 spiro atoms. The van der Waals surface area contributed by atoms with Crippen molar-refractivity contribution in [1.82, 2.24) is 4.98 Å². The van der Waals surface area contributed by atoms with Crippen LogP contribution in [-0.4, -0.2) is 10.9 Å². The lowest BCUT2D eigenvalue weighted by molar-refractivity contribution is 0.102. The summed E-state index contributed by atoms with van der Waals surface area (Å²) in [6.45, 7) is 0. The first-order valence-corrected chi connectivity index (χ1v) is 5.66. The molecule has 1 aromatic carbocycles. The lowest BCUT2D eigenvalue weighted by Crippen LogP contribution is -2.17. The van der Waals surface area contributed by atoms with Crippen LogP contribution in [-0.2, 0) is 0 Å². The lowest BCUT2D eigenvalue weighted by atomic mass is 10.2. The number of nitrogens with two attached hydrogens (primary N) is 1. The summed E-state index contributed by atoms with van der Waals surface area (Å²) in [6, 6.07) is 5.50. The molecule has 0 saturated heterocycles. The van der Waals surface area contributed by atoms with Gasteiger partial charge in [-0.25, -0.2) is 4.39 Å². The number of carbonyl (C=O) groups excluding carboxylic acids is 1. The molecule has 0 bridgehead atoms. The highest BCUT2D eigenvalue weighted by Crippen LogP contribution is 2.20. The molecule has 2 rings (SSSR count). The van der Waals surface area contributed by atoms with Crippen molar-refractivity contribution in [1.29, 1.82) is 0 Å². The number of carbonyl (C=O) groups is 1. The maximum atomic E-state index is 13.3. The zero-order chi connectivity index (χ0) is 13.8. The zero-order valence-electron chi connectivity index (χ0n) is 9.65. The van der Waals surface area contributed by atoms with Crippen molar-refractivity contribution < 1.29 is 9.18 Å². The molecule has 1 aromatic heterocycles. The van der Waals surface area contributed by atoms with Gasteiger partial charge in [0.05, 0.1) is 22.5 Å². The van der Waals surface area contributed by atoms with E-state index in [4.69, 9.17) is 17.4 Å². The van der Waals surface area contributed by atoms with Crippen molar-refractivity contribution in [3.63, 3.8) is 0 Å². The van der Waals surface area contributed by atoms with Gasteiger partial charge in [-0.1, -0.05) is 11.6 Å². The van der Waals surface area contributed by atoms with Crippen LogP contribution in [0.25, 0.3) is 0 Å². The Balaban J connectivity index is 2.23. The molecule has 0 unspecified atom stereocenters.